The summed E-state index contributed by atoms with van der Waals surface area (Å²) >= 11 is 0. The summed E-state index contributed by atoms with van der Waals surface area (Å²) in [5.41, 5.74) is 2.70. The fraction of sp³-hybridized carbons (Fsp3) is 0.300. The molecular formula is C20H21FN2O2. The second kappa shape index (κ2) is 7.92. The molecule has 0 unspecified atom stereocenters. The van der Waals surface area contributed by atoms with Crippen LogP contribution in [-0.4, -0.2) is 18.4 Å². The van der Waals surface area contributed by atoms with Crippen molar-refractivity contribution in [2.75, 3.05) is 11.4 Å². The van der Waals surface area contributed by atoms with Crippen molar-refractivity contribution in [3.8, 4) is 0 Å². The van der Waals surface area contributed by atoms with Gasteiger partial charge < -0.3 is 10.2 Å². The van der Waals surface area contributed by atoms with Crippen LogP contribution in [0.2, 0.25) is 0 Å². The molecule has 0 atom stereocenters. The fourth-order valence-corrected chi connectivity index (χ4v) is 2.95. The lowest BCUT2D eigenvalue weighted by atomic mass is 10.1. The Morgan fingerprint density at radius 1 is 1.12 bits per heavy atom. The molecule has 4 nitrogen and oxygen atoms in total. The van der Waals surface area contributed by atoms with Gasteiger partial charge in [0.05, 0.1) is 0 Å². The van der Waals surface area contributed by atoms with Crippen LogP contribution in [-0.2, 0) is 22.6 Å². The highest BCUT2D eigenvalue weighted by atomic mass is 19.1. The van der Waals surface area contributed by atoms with Gasteiger partial charge in [0.15, 0.2) is 0 Å². The van der Waals surface area contributed by atoms with Crippen molar-refractivity contribution in [1.29, 1.82) is 0 Å². The van der Waals surface area contributed by atoms with Gasteiger partial charge in [-0.15, -0.1) is 0 Å². The molecule has 2 aromatic carbocycles. The lowest BCUT2D eigenvalue weighted by Gasteiger charge is -2.16. The van der Waals surface area contributed by atoms with Gasteiger partial charge in [0.25, 0.3) is 0 Å². The summed E-state index contributed by atoms with van der Waals surface area (Å²) in [4.78, 5) is 25.5. The topological polar surface area (TPSA) is 49.4 Å². The molecule has 25 heavy (non-hydrogen) atoms. The molecule has 0 saturated carbocycles. The Morgan fingerprint density at radius 3 is 2.60 bits per heavy atom. The highest BCUT2D eigenvalue weighted by Crippen LogP contribution is 2.21. The molecule has 1 aliphatic heterocycles. The van der Waals surface area contributed by atoms with E-state index >= 15 is 0 Å². The molecular weight excluding hydrogens is 319 g/mol. The van der Waals surface area contributed by atoms with E-state index in [1.165, 1.54) is 12.1 Å². The zero-order valence-electron chi connectivity index (χ0n) is 14.0. The molecule has 1 fully saturated rings. The van der Waals surface area contributed by atoms with Gasteiger partial charge in [-0.1, -0.05) is 24.3 Å². The molecule has 0 aliphatic carbocycles. The summed E-state index contributed by atoms with van der Waals surface area (Å²) in [6, 6.07) is 14.0. The predicted octanol–water partition coefficient (Wildman–Crippen LogP) is 3.20. The second-order valence-electron chi connectivity index (χ2n) is 6.22. The monoisotopic (exact) mass is 340 g/mol. The molecule has 3 rings (SSSR count). The number of hydrogen-bond acceptors (Lipinski definition) is 2. The Bertz CT molecular complexity index is 759. The van der Waals surface area contributed by atoms with E-state index in [0.717, 1.165) is 29.8 Å². The van der Waals surface area contributed by atoms with Gasteiger partial charge in [-0.2, -0.15) is 0 Å². The number of benzene rings is 2. The van der Waals surface area contributed by atoms with E-state index in [-0.39, 0.29) is 17.6 Å². The van der Waals surface area contributed by atoms with Crippen LogP contribution in [0, 0.1) is 5.82 Å². The smallest absolute Gasteiger partial charge is 0.227 e. The van der Waals surface area contributed by atoms with Crippen LogP contribution in [0.3, 0.4) is 0 Å². The van der Waals surface area contributed by atoms with E-state index < -0.39 is 0 Å². The molecule has 2 amide bonds. The quantitative estimate of drug-likeness (QED) is 0.878. The summed E-state index contributed by atoms with van der Waals surface area (Å²) in [5, 5.41) is 2.87. The first-order valence-corrected chi connectivity index (χ1v) is 8.52. The van der Waals surface area contributed by atoms with Gasteiger partial charge in [0, 0.05) is 31.6 Å². The third-order valence-corrected chi connectivity index (χ3v) is 4.34. The summed E-state index contributed by atoms with van der Waals surface area (Å²) in [6.45, 7) is 1.21. The maximum absolute atomic E-state index is 13.1. The molecule has 1 saturated heterocycles. The fourth-order valence-electron chi connectivity index (χ4n) is 2.95. The van der Waals surface area contributed by atoms with Crippen LogP contribution < -0.4 is 10.2 Å². The van der Waals surface area contributed by atoms with Gasteiger partial charge in [-0.25, -0.2) is 4.39 Å². The molecule has 130 valence electrons. The molecule has 1 N–H and O–H groups in total. The van der Waals surface area contributed by atoms with Crippen molar-refractivity contribution < 1.29 is 14.0 Å². The molecule has 0 aromatic heterocycles. The third kappa shape index (κ3) is 4.66. The minimum atomic E-state index is -0.283. The summed E-state index contributed by atoms with van der Waals surface area (Å²) in [5.74, 6) is -0.184. The van der Waals surface area contributed by atoms with E-state index in [9.17, 15) is 14.0 Å². The zero-order valence-corrected chi connectivity index (χ0v) is 14.0. The molecule has 2 aromatic rings. The molecule has 0 radical (unpaired) electrons. The minimum Gasteiger partial charge on any atom is -0.352 e. The highest BCUT2D eigenvalue weighted by Gasteiger charge is 2.21. The van der Waals surface area contributed by atoms with Crippen LogP contribution in [0.15, 0.2) is 48.5 Å². The third-order valence-electron chi connectivity index (χ3n) is 4.34. The number of hydrogen-bond donors (Lipinski definition) is 1. The van der Waals surface area contributed by atoms with Crippen LogP contribution in [0.4, 0.5) is 10.1 Å². The van der Waals surface area contributed by atoms with Crippen LogP contribution in [0.25, 0.3) is 0 Å². The van der Waals surface area contributed by atoms with Crippen molar-refractivity contribution in [3.05, 3.63) is 65.5 Å². The molecule has 1 heterocycles. The molecule has 1 aliphatic rings. The van der Waals surface area contributed by atoms with Gasteiger partial charge in [-0.3, -0.25) is 9.59 Å². The number of aryl methyl sites for hydroxylation is 1. The maximum atomic E-state index is 13.1. The lowest BCUT2D eigenvalue weighted by molar-refractivity contribution is -0.121. The van der Waals surface area contributed by atoms with Crippen molar-refractivity contribution in [1.82, 2.24) is 5.32 Å². The summed E-state index contributed by atoms with van der Waals surface area (Å²) < 4.78 is 13.1. The van der Waals surface area contributed by atoms with E-state index in [1.54, 1.807) is 11.0 Å². The minimum absolute atomic E-state index is 0.0666. The van der Waals surface area contributed by atoms with Gasteiger partial charge in [-0.05, 0) is 48.2 Å². The van der Waals surface area contributed by atoms with Crippen molar-refractivity contribution in [3.63, 3.8) is 0 Å². The van der Waals surface area contributed by atoms with E-state index in [1.807, 2.05) is 30.3 Å². The number of anilines is 1. The Morgan fingerprint density at radius 2 is 1.92 bits per heavy atom. The van der Waals surface area contributed by atoms with Crippen molar-refractivity contribution in [2.45, 2.75) is 32.2 Å². The lowest BCUT2D eigenvalue weighted by Crippen LogP contribution is -2.24. The SMILES string of the molecule is O=C(CCc1cccc(F)c1)NCc1ccc(N2CCCC2=O)cc1. The first-order valence-electron chi connectivity index (χ1n) is 8.52. The number of carbonyl (C=O) groups excluding carboxylic acids is 2. The number of nitrogens with one attached hydrogen (secondary N) is 1. The van der Waals surface area contributed by atoms with E-state index in [2.05, 4.69) is 5.32 Å². The molecule has 0 bridgehead atoms. The highest BCUT2D eigenvalue weighted by molar-refractivity contribution is 5.95. The Hall–Kier alpha value is -2.69. The number of rotatable bonds is 6. The first-order chi connectivity index (χ1) is 12.1. The first kappa shape index (κ1) is 17.1. The largest absolute Gasteiger partial charge is 0.352 e. The van der Waals surface area contributed by atoms with Gasteiger partial charge in [0.2, 0.25) is 11.8 Å². The maximum Gasteiger partial charge on any atom is 0.227 e. The number of carbonyl (C=O) groups is 2. The predicted molar refractivity (Wildman–Crippen MR) is 94.6 cm³/mol. The zero-order chi connectivity index (χ0) is 17.6. The Kier molecular flexibility index (Phi) is 5.43. The second-order valence-corrected chi connectivity index (χ2v) is 6.22. The number of halogens is 1. The van der Waals surface area contributed by atoms with Gasteiger partial charge >= 0.3 is 0 Å². The Labute approximate surface area is 146 Å². The van der Waals surface area contributed by atoms with Crippen molar-refractivity contribution >= 4 is 17.5 Å². The summed E-state index contributed by atoms with van der Waals surface area (Å²) in [6.07, 6.45) is 2.36. The molecule has 5 heteroatoms. The Balaban J connectivity index is 1.46. The van der Waals surface area contributed by atoms with Gasteiger partial charge in [0.1, 0.15) is 5.82 Å². The normalized spacial score (nSPS) is 14.0. The van der Waals surface area contributed by atoms with E-state index in [0.29, 0.717) is 25.8 Å². The van der Waals surface area contributed by atoms with E-state index in [4.69, 9.17) is 0 Å². The number of nitrogens with zero attached hydrogens (tertiary/aromatic N) is 1. The van der Waals surface area contributed by atoms with Crippen LogP contribution in [0.1, 0.15) is 30.4 Å². The van der Waals surface area contributed by atoms with Crippen molar-refractivity contribution in [2.24, 2.45) is 0 Å². The van der Waals surface area contributed by atoms with Crippen LogP contribution in [0.5, 0.6) is 0 Å². The average molecular weight is 340 g/mol. The van der Waals surface area contributed by atoms with Crippen LogP contribution >= 0.6 is 0 Å². The molecule has 0 spiro atoms. The average Bonchev–Trinajstić information content (AvgIpc) is 3.05. The standard InChI is InChI=1S/C20H21FN2O2/c21-17-4-1-3-15(13-17)8-11-19(24)22-14-16-6-9-18(10-7-16)23-12-2-5-20(23)25/h1,3-4,6-7,9-10,13H,2,5,8,11-12,14H2,(H,22,24). The number of amides is 2. The summed E-state index contributed by atoms with van der Waals surface area (Å²) in [7, 11) is 0.